The average molecular weight is 230 g/mol. The van der Waals surface area contributed by atoms with Gasteiger partial charge in [-0.3, -0.25) is 4.79 Å². The molecule has 0 fully saturated rings. The topological polar surface area (TPSA) is 32.3 Å². The summed E-state index contributed by atoms with van der Waals surface area (Å²) >= 11 is 0. The molecule has 1 aromatic carbocycles. The van der Waals surface area contributed by atoms with Crippen molar-refractivity contribution < 1.29 is 4.79 Å². The largest absolute Gasteiger partial charge is 0.376 e. The molecular weight excluding hydrogens is 212 g/mol. The highest BCUT2D eigenvalue weighted by Gasteiger charge is 2.08. The van der Waals surface area contributed by atoms with Gasteiger partial charge in [-0.2, -0.15) is 0 Å². The molecule has 0 aliphatic heterocycles. The van der Waals surface area contributed by atoms with E-state index in [4.69, 9.17) is 6.42 Å². The molecule has 0 atom stereocenters. The molecular formula is C14H18N2O. The molecule has 0 aliphatic rings. The third-order valence-corrected chi connectivity index (χ3v) is 2.59. The van der Waals surface area contributed by atoms with Gasteiger partial charge < -0.3 is 10.2 Å². The lowest BCUT2D eigenvalue weighted by Gasteiger charge is -2.19. The Bertz CT molecular complexity index is 416. The van der Waals surface area contributed by atoms with Gasteiger partial charge in [0.15, 0.2) is 0 Å². The number of likely N-dealkylation sites (N-methyl/N-ethyl adjacent to an activating group) is 1. The van der Waals surface area contributed by atoms with Crippen LogP contribution in [0.1, 0.15) is 19.4 Å². The molecule has 1 aromatic rings. The van der Waals surface area contributed by atoms with Gasteiger partial charge in [-0.25, -0.2) is 0 Å². The van der Waals surface area contributed by atoms with E-state index in [0.717, 1.165) is 24.3 Å². The number of hydrogen-bond donors (Lipinski definition) is 1. The molecule has 0 aromatic heterocycles. The summed E-state index contributed by atoms with van der Waals surface area (Å²) in [5.74, 6) is 2.66. The molecule has 0 radical (unpaired) electrons. The Hall–Kier alpha value is -1.95. The Morgan fingerprint density at radius 2 is 2.12 bits per heavy atom. The number of carbonyl (C=O) groups is 1. The van der Waals surface area contributed by atoms with Crippen LogP contribution in [0, 0.1) is 12.3 Å². The first-order chi connectivity index (χ1) is 8.21. The highest BCUT2D eigenvalue weighted by molar-refractivity contribution is 5.80. The van der Waals surface area contributed by atoms with Gasteiger partial charge in [-0.15, -0.1) is 6.42 Å². The number of benzene rings is 1. The summed E-state index contributed by atoms with van der Waals surface area (Å²) < 4.78 is 0. The minimum absolute atomic E-state index is 0.0983. The SMILES string of the molecule is C#Cc1cccc(NCC(=O)N(CC)CC)c1. The molecule has 0 heterocycles. The van der Waals surface area contributed by atoms with Crippen LogP contribution in [0.2, 0.25) is 0 Å². The van der Waals surface area contributed by atoms with Crippen molar-refractivity contribution in [3.8, 4) is 12.3 Å². The predicted octanol–water partition coefficient (Wildman–Crippen LogP) is 1.95. The Morgan fingerprint density at radius 3 is 2.71 bits per heavy atom. The molecule has 17 heavy (non-hydrogen) atoms. The van der Waals surface area contributed by atoms with Crippen LogP contribution in [-0.2, 0) is 4.79 Å². The first kappa shape index (κ1) is 13.1. The fraction of sp³-hybridized carbons (Fsp3) is 0.357. The summed E-state index contributed by atoms with van der Waals surface area (Å²) in [4.78, 5) is 13.5. The monoisotopic (exact) mass is 230 g/mol. The van der Waals surface area contributed by atoms with Crippen LogP contribution in [0.4, 0.5) is 5.69 Å². The van der Waals surface area contributed by atoms with Gasteiger partial charge in [0.05, 0.1) is 6.54 Å². The van der Waals surface area contributed by atoms with Crippen LogP contribution in [0.25, 0.3) is 0 Å². The summed E-state index contributed by atoms with van der Waals surface area (Å²) in [5.41, 5.74) is 1.69. The van der Waals surface area contributed by atoms with Crippen LogP contribution in [-0.4, -0.2) is 30.4 Å². The summed E-state index contributed by atoms with van der Waals surface area (Å²) in [5, 5.41) is 3.08. The second-order valence-corrected chi connectivity index (χ2v) is 3.64. The Balaban J connectivity index is 2.55. The minimum Gasteiger partial charge on any atom is -0.376 e. The average Bonchev–Trinajstić information content (AvgIpc) is 2.38. The predicted molar refractivity (Wildman–Crippen MR) is 70.8 cm³/mol. The fourth-order valence-corrected chi connectivity index (χ4v) is 1.58. The molecule has 0 aliphatic carbocycles. The van der Waals surface area contributed by atoms with Crippen molar-refractivity contribution in [1.29, 1.82) is 0 Å². The fourth-order valence-electron chi connectivity index (χ4n) is 1.58. The zero-order valence-corrected chi connectivity index (χ0v) is 10.4. The maximum absolute atomic E-state index is 11.8. The minimum atomic E-state index is 0.0983. The lowest BCUT2D eigenvalue weighted by molar-refractivity contribution is -0.128. The van der Waals surface area contributed by atoms with Gasteiger partial charge in [-0.1, -0.05) is 12.0 Å². The molecule has 3 heteroatoms. The van der Waals surface area contributed by atoms with Crippen LogP contribution in [0.3, 0.4) is 0 Å². The van der Waals surface area contributed by atoms with Crippen molar-refractivity contribution in [3.63, 3.8) is 0 Å². The third-order valence-electron chi connectivity index (χ3n) is 2.59. The van der Waals surface area contributed by atoms with E-state index in [1.807, 2.05) is 38.1 Å². The van der Waals surface area contributed by atoms with E-state index >= 15 is 0 Å². The lowest BCUT2D eigenvalue weighted by atomic mass is 10.2. The Morgan fingerprint density at radius 1 is 1.41 bits per heavy atom. The smallest absolute Gasteiger partial charge is 0.241 e. The molecule has 90 valence electrons. The number of carbonyl (C=O) groups excluding carboxylic acids is 1. The second kappa shape index (κ2) is 6.59. The summed E-state index contributed by atoms with van der Waals surface area (Å²) in [6.07, 6.45) is 5.31. The normalized spacial score (nSPS) is 9.47. The standard InChI is InChI=1S/C14H18N2O/c1-4-12-8-7-9-13(10-12)15-11-14(17)16(5-2)6-3/h1,7-10,15H,5-6,11H2,2-3H3. The van der Waals surface area contributed by atoms with Crippen molar-refractivity contribution in [2.45, 2.75) is 13.8 Å². The highest BCUT2D eigenvalue weighted by Crippen LogP contribution is 2.09. The maximum atomic E-state index is 11.8. The molecule has 0 spiro atoms. The van der Waals surface area contributed by atoms with Crippen LogP contribution in [0.5, 0.6) is 0 Å². The number of rotatable bonds is 5. The van der Waals surface area contributed by atoms with Gasteiger partial charge >= 0.3 is 0 Å². The Kier molecular flexibility index (Phi) is 5.09. The summed E-state index contributed by atoms with van der Waals surface area (Å²) in [7, 11) is 0. The number of terminal acetylenes is 1. The van der Waals surface area contributed by atoms with E-state index in [2.05, 4.69) is 11.2 Å². The van der Waals surface area contributed by atoms with Crippen molar-refractivity contribution in [3.05, 3.63) is 29.8 Å². The van der Waals surface area contributed by atoms with E-state index in [1.165, 1.54) is 0 Å². The van der Waals surface area contributed by atoms with E-state index in [-0.39, 0.29) is 5.91 Å². The zero-order chi connectivity index (χ0) is 12.7. The number of nitrogens with one attached hydrogen (secondary N) is 1. The lowest BCUT2D eigenvalue weighted by Crippen LogP contribution is -2.35. The van der Waals surface area contributed by atoms with E-state index < -0.39 is 0 Å². The molecule has 0 saturated carbocycles. The summed E-state index contributed by atoms with van der Waals surface area (Å²) in [6, 6.07) is 7.49. The van der Waals surface area contributed by atoms with Crippen LogP contribution in [0.15, 0.2) is 24.3 Å². The van der Waals surface area contributed by atoms with Gasteiger partial charge in [0, 0.05) is 24.3 Å². The number of amides is 1. The summed E-state index contributed by atoms with van der Waals surface area (Å²) in [6.45, 7) is 5.72. The van der Waals surface area contributed by atoms with E-state index in [9.17, 15) is 4.79 Å². The van der Waals surface area contributed by atoms with E-state index in [0.29, 0.717) is 6.54 Å². The highest BCUT2D eigenvalue weighted by atomic mass is 16.2. The maximum Gasteiger partial charge on any atom is 0.241 e. The molecule has 3 nitrogen and oxygen atoms in total. The van der Waals surface area contributed by atoms with E-state index in [1.54, 1.807) is 4.90 Å². The van der Waals surface area contributed by atoms with Crippen LogP contribution < -0.4 is 5.32 Å². The van der Waals surface area contributed by atoms with Gasteiger partial charge in [-0.05, 0) is 32.0 Å². The molecule has 1 amide bonds. The first-order valence-electron chi connectivity index (χ1n) is 5.79. The van der Waals surface area contributed by atoms with Gasteiger partial charge in [0.25, 0.3) is 0 Å². The van der Waals surface area contributed by atoms with Crippen LogP contribution >= 0.6 is 0 Å². The first-order valence-corrected chi connectivity index (χ1v) is 5.79. The quantitative estimate of drug-likeness (QED) is 0.784. The molecule has 0 bridgehead atoms. The van der Waals surface area contributed by atoms with Crippen molar-refractivity contribution in [2.75, 3.05) is 25.0 Å². The molecule has 1 N–H and O–H groups in total. The molecule has 1 rings (SSSR count). The number of hydrogen-bond acceptors (Lipinski definition) is 2. The van der Waals surface area contributed by atoms with Crippen molar-refractivity contribution in [2.24, 2.45) is 0 Å². The van der Waals surface area contributed by atoms with Crippen molar-refractivity contribution in [1.82, 2.24) is 4.90 Å². The second-order valence-electron chi connectivity index (χ2n) is 3.64. The number of nitrogens with zero attached hydrogens (tertiary/aromatic N) is 1. The van der Waals surface area contributed by atoms with Crippen molar-refractivity contribution >= 4 is 11.6 Å². The molecule has 0 saturated heterocycles. The Labute approximate surface area is 103 Å². The number of anilines is 1. The van der Waals surface area contributed by atoms with Gasteiger partial charge in [0.2, 0.25) is 5.91 Å². The zero-order valence-electron chi connectivity index (χ0n) is 10.4. The van der Waals surface area contributed by atoms with Gasteiger partial charge in [0.1, 0.15) is 0 Å². The third kappa shape index (κ3) is 3.84. The molecule has 0 unspecified atom stereocenters.